The third-order valence-electron chi connectivity index (χ3n) is 4.83. The van der Waals surface area contributed by atoms with Crippen LogP contribution in [0.4, 0.5) is 5.69 Å². The summed E-state index contributed by atoms with van der Waals surface area (Å²) < 4.78 is 10.7. The van der Waals surface area contributed by atoms with Gasteiger partial charge in [-0.05, 0) is 60.5 Å². The number of fused-ring (bicyclic) bond motifs is 1. The minimum atomic E-state index is -0.520. The predicted molar refractivity (Wildman–Crippen MR) is 124 cm³/mol. The Kier molecular flexibility index (Phi) is 6.35. The van der Waals surface area contributed by atoms with Gasteiger partial charge in [-0.15, -0.1) is 0 Å². The number of carbonyl (C=O) groups excluding carboxylic acids is 2. The van der Waals surface area contributed by atoms with Gasteiger partial charge < -0.3 is 20.1 Å². The van der Waals surface area contributed by atoms with Crippen LogP contribution in [0.15, 0.2) is 66.4 Å². The Hall–Kier alpha value is -3.48. The van der Waals surface area contributed by atoms with E-state index in [0.29, 0.717) is 33.3 Å². The first-order valence-corrected chi connectivity index (χ1v) is 10.4. The van der Waals surface area contributed by atoms with Crippen molar-refractivity contribution in [3.63, 3.8) is 0 Å². The van der Waals surface area contributed by atoms with E-state index in [0.717, 1.165) is 0 Å². The van der Waals surface area contributed by atoms with Gasteiger partial charge >= 0.3 is 0 Å². The lowest BCUT2D eigenvalue weighted by molar-refractivity contribution is -0.113. The number of anilines is 1. The molecule has 0 radical (unpaired) electrons. The summed E-state index contributed by atoms with van der Waals surface area (Å²) in [5.41, 5.74) is 2.15. The molecule has 3 aromatic rings. The Morgan fingerprint density at radius 1 is 0.938 bits per heavy atom. The van der Waals surface area contributed by atoms with E-state index in [9.17, 15) is 9.59 Å². The highest BCUT2D eigenvalue weighted by Gasteiger charge is 2.19. The van der Waals surface area contributed by atoms with Crippen molar-refractivity contribution in [1.82, 2.24) is 5.32 Å². The number of hydrogen-bond acceptors (Lipinski definition) is 4. The second kappa shape index (κ2) is 9.34. The van der Waals surface area contributed by atoms with E-state index in [2.05, 4.69) is 10.6 Å². The standard InChI is InChI=1S/C24H18Cl2N2O4/c1-14-17(25)7-4-8-19(14)27-24(30)20(28-23(29)16-5-2-3-6-18(16)26)11-15-9-10-21-22(12-15)32-13-31-21/h2-12H,13H2,1H3,(H,27,30)(H,28,29)/b20-11+. The number of ether oxygens (including phenoxy) is 2. The molecule has 162 valence electrons. The Labute approximate surface area is 194 Å². The molecule has 8 heteroatoms. The highest BCUT2D eigenvalue weighted by atomic mass is 35.5. The van der Waals surface area contributed by atoms with Gasteiger partial charge in [-0.25, -0.2) is 0 Å². The molecule has 0 aromatic heterocycles. The summed E-state index contributed by atoms with van der Waals surface area (Å²) in [4.78, 5) is 26.0. The van der Waals surface area contributed by atoms with Crippen LogP contribution in [0.25, 0.3) is 6.08 Å². The van der Waals surface area contributed by atoms with E-state index in [4.69, 9.17) is 32.7 Å². The number of rotatable bonds is 5. The third kappa shape index (κ3) is 4.72. The van der Waals surface area contributed by atoms with Crippen molar-refractivity contribution in [1.29, 1.82) is 0 Å². The average molecular weight is 469 g/mol. The summed E-state index contributed by atoms with van der Waals surface area (Å²) in [5, 5.41) is 6.26. The van der Waals surface area contributed by atoms with Gasteiger partial charge in [0.2, 0.25) is 6.79 Å². The monoisotopic (exact) mass is 468 g/mol. The van der Waals surface area contributed by atoms with Crippen molar-refractivity contribution in [3.05, 3.63) is 93.1 Å². The Bertz CT molecular complexity index is 1240. The molecule has 1 aliphatic rings. The lowest BCUT2D eigenvalue weighted by Crippen LogP contribution is -2.31. The minimum absolute atomic E-state index is 0.0214. The molecule has 0 aliphatic carbocycles. The molecule has 0 unspecified atom stereocenters. The zero-order valence-corrected chi connectivity index (χ0v) is 18.5. The molecule has 0 atom stereocenters. The fraction of sp³-hybridized carbons (Fsp3) is 0.0833. The molecule has 4 rings (SSSR count). The number of amides is 2. The number of carbonyl (C=O) groups is 2. The van der Waals surface area contributed by atoms with Crippen LogP contribution in [0.3, 0.4) is 0 Å². The van der Waals surface area contributed by atoms with E-state index in [1.54, 1.807) is 73.7 Å². The highest BCUT2D eigenvalue weighted by molar-refractivity contribution is 6.34. The first kappa shape index (κ1) is 21.7. The number of halogens is 2. The molecule has 3 aromatic carbocycles. The lowest BCUT2D eigenvalue weighted by atomic mass is 10.1. The molecular formula is C24H18Cl2N2O4. The van der Waals surface area contributed by atoms with Crippen molar-refractivity contribution in [3.8, 4) is 11.5 Å². The number of hydrogen-bond donors (Lipinski definition) is 2. The van der Waals surface area contributed by atoms with Crippen molar-refractivity contribution in [2.45, 2.75) is 6.92 Å². The maximum atomic E-state index is 13.1. The topological polar surface area (TPSA) is 76.7 Å². The van der Waals surface area contributed by atoms with Crippen molar-refractivity contribution < 1.29 is 19.1 Å². The van der Waals surface area contributed by atoms with Gasteiger partial charge in [0.25, 0.3) is 11.8 Å². The van der Waals surface area contributed by atoms with E-state index in [1.165, 1.54) is 0 Å². The number of benzene rings is 3. The largest absolute Gasteiger partial charge is 0.454 e. The lowest BCUT2D eigenvalue weighted by Gasteiger charge is -2.14. The van der Waals surface area contributed by atoms with Crippen molar-refractivity contribution in [2.24, 2.45) is 0 Å². The Morgan fingerprint density at radius 2 is 1.69 bits per heavy atom. The summed E-state index contributed by atoms with van der Waals surface area (Å²) in [6.45, 7) is 1.93. The quantitative estimate of drug-likeness (QED) is 0.488. The molecule has 1 heterocycles. The summed E-state index contributed by atoms with van der Waals surface area (Å²) in [5.74, 6) is 0.137. The van der Waals surface area contributed by atoms with Gasteiger partial charge in [-0.2, -0.15) is 0 Å². The second-order valence-electron chi connectivity index (χ2n) is 6.97. The molecule has 0 saturated heterocycles. The summed E-state index contributed by atoms with van der Waals surface area (Å²) in [6, 6.07) is 17.0. The molecule has 2 amide bonds. The Morgan fingerprint density at radius 3 is 2.50 bits per heavy atom. The summed E-state index contributed by atoms with van der Waals surface area (Å²) in [6.07, 6.45) is 1.55. The molecule has 0 fully saturated rings. The molecular weight excluding hydrogens is 451 g/mol. The minimum Gasteiger partial charge on any atom is -0.454 e. The smallest absolute Gasteiger partial charge is 0.272 e. The van der Waals surface area contributed by atoms with Gasteiger partial charge in [0.05, 0.1) is 10.6 Å². The first-order valence-electron chi connectivity index (χ1n) is 9.66. The maximum Gasteiger partial charge on any atom is 0.272 e. The van der Waals surface area contributed by atoms with Crippen LogP contribution in [0, 0.1) is 6.92 Å². The van der Waals surface area contributed by atoms with Gasteiger partial charge in [0.1, 0.15) is 5.70 Å². The van der Waals surface area contributed by atoms with Crippen molar-refractivity contribution in [2.75, 3.05) is 12.1 Å². The third-order valence-corrected chi connectivity index (χ3v) is 5.57. The van der Waals surface area contributed by atoms with Crippen LogP contribution in [0.1, 0.15) is 21.5 Å². The zero-order chi connectivity index (χ0) is 22.7. The van der Waals surface area contributed by atoms with Crippen LogP contribution in [-0.2, 0) is 4.79 Å². The molecule has 1 aliphatic heterocycles. The maximum absolute atomic E-state index is 13.1. The summed E-state index contributed by atoms with van der Waals surface area (Å²) >= 11 is 12.3. The van der Waals surface area contributed by atoms with Crippen LogP contribution >= 0.6 is 23.2 Å². The van der Waals surface area contributed by atoms with Crippen LogP contribution in [0.2, 0.25) is 10.0 Å². The molecule has 0 spiro atoms. The second-order valence-corrected chi connectivity index (χ2v) is 7.79. The van der Waals surface area contributed by atoms with E-state index in [-0.39, 0.29) is 23.1 Å². The predicted octanol–water partition coefficient (Wildman–Crippen LogP) is 5.44. The van der Waals surface area contributed by atoms with Gasteiger partial charge in [-0.3, -0.25) is 9.59 Å². The van der Waals surface area contributed by atoms with Gasteiger partial charge in [-0.1, -0.05) is 47.5 Å². The van der Waals surface area contributed by atoms with E-state index < -0.39 is 11.8 Å². The average Bonchev–Trinajstić information content (AvgIpc) is 3.24. The number of nitrogens with one attached hydrogen (secondary N) is 2. The SMILES string of the molecule is Cc1c(Cl)cccc1NC(=O)/C(=C\c1ccc2c(c1)OCO2)NC(=O)c1ccccc1Cl. The van der Waals surface area contributed by atoms with Gasteiger partial charge in [0.15, 0.2) is 11.5 Å². The highest BCUT2D eigenvalue weighted by Crippen LogP contribution is 2.33. The molecule has 0 saturated carbocycles. The van der Waals surface area contributed by atoms with E-state index >= 15 is 0 Å². The van der Waals surface area contributed by atoms with E-state index in [1.807, 2.05) is 0 Å². The van der Waals surface area contributed by atoms with Gasteiger partial charge in [0, 0.05) is 10.7 Å². The summed E-state index contributed by atoms with van der Waals surface area (Å²) in [7, 11) is 0. The Balaban J connectivity index is 1.67. The molecule has 32 heavy (non-hydrogen) atoms. The fourth-order valence-corrected chi connectivity index (χ4v) is 3.49. The van der Waals surface area contributed by atoms with Crippen molar-refractivity contribution >= 4 is 46.8 Å². The normalized spacial score (nSPS) is 12.4. The fourth-order valence-electron chi connectivity index (χ4n) is 3.10. The molecule has 0 bridgehead atoms. The molecule has 2 N–H and O–H groups in total. The molecule has 6 nitrogen and oxygen atoms in total. The first-order chi connectivity index (χ1) is 15.4. The van der Waals surface area contributed by atoms with Crippen LogP contribution < -0.4 is 20.1 Å². The zero-order valence-electron chi connectivity index (χ0n) is 16.9. The van der Waals surface area contributed by atoms with Crippen LogP contribution in [0.5, 0.6) is 11.5 Å². The van der Waals surface area contributed by atoms with Crippen LogP contribution in [-0.4, -0.2) is 18.6 Å².